The molecule has 0 fully saturated rings. The van der Waals surface area contributed by atoms with Crippen LogP contribution in [0.4, 0.5) is 0 Å². The van der Waals surface area contributed by atoms with Crippen molar-refractivity contribution in [3.8, 4) is 34.5 Å². The SMILES string of the molecule is COc1ccc(C(=O)c2ccc(OC)cc2OP(OC)Oc2cc(C)ccc2C(C)C)c(OP(C)Oc2cc(C)ccc2C(C)C)c1. The van der Waals surface area contributed by atoms with Crippen molar-refractivity contribution in [2.24, 2.45) is 0 Å². The molecule has 0 N–H and O–H groups in total. The van der Waals surface area contributed by atoms with Gasteiger partial charge in [0.1, 0.15) is 34.5 Å². The Morgan fingerprint density at radius 1 is 0.574 bits per heavy atom. The molecule has 0 aliphatic rings. The Hall–Kier alpha value is -3.83. The number of rotatable bonds is 15. The van der Waals surface area contributed by atoms with Gasteiger partial charge >= 0.3 is 8.60 Å². The highest BCUT2D eigenvalue weighted by molar-refractivity contribution is 7.47. The van der Waals surface area contributed by atoms with Gasteiger partial charge in [-0.3, -0.25) is 9.32 Å². The fraction of sp³-hybridized carbons (Fsp3) is 0.324. The van der Waals surface area contributed by atoms with Crippen molar-refractivity contribution in [3.63, 3.8) is 0 Å². The average Bonchev–Trinajstić information content (AvgIpc) is 3.03. The van der Waals surface area contributed by atoms with E-state index in [0.29, 0.717) is 28.6 Å². The van der Waals surface area contributed by atoms with Gasteiger partial charge in [-0.25, -0.2) is 0 Å². The highest BCUT2D eigenvalue weighted by Crippen LogP contribution is 2.47. The van der Waals surface area contributed by atoms with E-state index in [-0.39, 0.29) is 28.9 Å². The molecule has 0 aliphatic carbocycles. The van der Waals surface area contributed by atoms with Gasteiger partial charge in [0.05, 0.1) is 25.3 Å². The van der Waals surface area contributed by atoms with E-state index in [1.807, 2.05) is 44.8 Å². The van der Waals surface area contributed by atoms with Gasteiger partial charge < -0.3 is 27.6 Å². The Labute approximate surface area is 281 Å². The van der Waals surface area contributed by atoms with Crippen LogP contribution in [0.5, 0.6) is 34.5 Å². The Kier molecular flexibility index (Phi) is 12.5. The predicted molar refractivity (Wildman–Crippen MR) is 189 cm³/mol. The van der Waals surface area contributed by atoms with Crippen molar-refractivity contribution in [1.82, 2.24) is 0 Å². The summed E-state index contributed by atoms with van der Waals surface area (Å²) in [5, 5.41) is 0. The van der Waals surface area contributed by atoms with Crippen molar-refractivity contribution < 1.29 is 36.9 Å². The predicted octanol–water partition coefficient (Wildman–Crippen LogP) is 10.5. The quantitative estimate of drug-likeness (QED) is 0.0908. The van der Waals surface area contributed by atoms with E-state index in [1.54, 1.807) is 50.6 Å². The summed E-state index contributed by atoms with van der Waals surface area (Å²) in [7, 11) is 1.21. The van der Waals surface area contributed by atoms with E-state index in [9.17, 15) is 4.79 Å². The molecule has 0 radical (unpaired) electrons. The van der Waals surface area contributed by atoms with E-state index in [4.69, 9.17) is 32.1 Å². The standard InChI is InChI=1S/C37H44O8P2/c1-23(2)29-15-11-25(5)19-33(29)42-46(10)43-35-21-27(39-7)13-17-31(35)37(38)32-18-14-28(40-8)22-36(32)45-47(41-9)44-34-20-26(6)12-16-30(34)24(3)4/h11-24H,1-10H3. The lowest BCUT2D eigenvalue weighted by molar-refractivity contribution is 0.103. The van der Waals surface area contributed by atoms with Crippen LogP contribution in [0.1, 0.15) is 77.7 Å². The maximum Gasteiger partial charge on any atom is 0.462 e. The second-order valence-corrected chi connectivity index (χ2v) is 14.1. The van der Waals surface area contributed by atoms with Crippen LogP contribution < -0.4 is 27.6 Å². The molecular weight excluding hydrogens is 634 g/mol. The first-order valence-corrected chi connectivity index (χ1v) is 18.1. The molecule has 0 aromatic heterocycles. The summed E-state index contributed by atoms with van der Waals surface area (Å²) in [6.07, 6.45) is 0. The van der Waals surface area contributed by atoms with Crippen molar-refractivity contribution in [2.75, 3.05) is 28.0 Å². The number of hydrogen-bond acceptors (Lipinski definition) is 8. The molecule has 0 amide bonds. The Morgan fingerprint density at radius 3 is 1.45 bits per heavy atom. The first kappa shape index (κ1) is 36.0. The third-order valence-electron chi connectivity index (χ3n) is 7.40. The number of hydrogen-bond donors (Lipinski definition) is 0. The van der Waals surface area contributed by atoms with Gasteiger partial charge in [-0.2, -0.15) is 0 Å². The van der Waals surface area contributed by atoms with Gasteiger partial charge in [0.15, 0.2) is 0 Å². The number of carbonyl (C=O) groups excluding carboxylic acids is 1. The maximum absolute atomic E-state index is 14.3. The van der Waals surface area contributed by atoms with E-state index in [1.165, 1.54) is 7.11 Å². The molecule has 0 aliphatic heterocycles. The smallest absolute Gasteiger partial charge is 0.462 e. The molecule has 250 valence electrons. The van der Waals surface area contributed by atoms with Crippen molar-refractivity contribution in [3.05, 3.63) is 106 Å². The third kappa shape index (κ3) is 9.16. The van der Waals surface area contributed by atoms with Crippen LogP contribution in [0.25, 0.3) is 0 Å². The van der Waals surface area contributed by atoms with Crippen LogP contribution >= 0.6 is 17.0 Å². The van der Waals surface area contributed by atoms with Gasteiger partial charge in [-0.1, -0.05) is 52.0 Å². The van der Waals surface area contributed by atoms with Gasteiger partial charge in [-0.15, -0.1) is 0 Å². The van der Waals surface area contributed by atoms with Gasteiger partial charge in [0.2, 0.25) is 5.78 Å². The minimum absolute atomic E-state index is 0.220. The molecule has 0 saturated heterocycles. The van der Waals surface area contributed by atoms with E-state index < -0.39 is 17.0 Å². The number of ether oxygens (including phenoxy) is 2. The van der Waals surface area contributed by atoms with Gasteiger partial charge in [0, 0.05) is 25.9 Å². The molecule has 8 nitrogen and oxygen atoms in total. The number of ketones is 1. The lowest BCUT2D eigenvalue weighted by Crippen LogP contribution is -2.09. The second-order valence-electron chi connectivity index (χ2n) is 11.7. The summed E-state index contributed by atoms with van der Waals surface area (Å²) < 4.78 is 41.8. The topological polar surface area (TPSA) is 81.7 Å². The highest BCUT2D eigenvalue weighted by Gasteiger charge is 2.26. The van der Waals surface area contributed by atoms with Crippen LogP contribution in [-0.2, 0) is 4.52 Å². The molecule has 0 heterocycles. The molecule has 0 spiro atoms. The molecule has 2 unspecified atom stereocenters. The molecule has 0 saturated carbocycles. The molecule has 4 rings (SSSR count). The van der Waals surface area contributed by atoms with Crippen molar-refractivity contribution in [2.45, 2.75) is 53.4 Å². The van der Waals surface area contributed by atoms with Crippen LogP contribution in [0.3, 0.4) is 0 Å². The number of carbonyl (C=O) groups is 1. The lowest BCUT2D eigenvalue weighted by Gasteiger charge is -2.22. The molecular formula is C37H44O8P2. The first-order valence-electron chi connectivity index (χ1n) is 15.4. The Balaban J connectivity index is 1.67. The minimum Gasteiger partial charge on any atom is -0.497 e. The molecule has 4 aromatic rings. The summed E-state index contributed by atoms with van der Waals surface area (Å²) in [6.45, 7) is 14.3. The zero-order valence-electron chi connectivity index (χ0n) is 28.7. The van der Waals surface area contributed by atoms with Crippen molar-refractivity contribution >= 4 is 22.8 Å². The van der Waals surface area contributed by atoms with Crippen LogP contribution in [0.15, 0.2) is 72.8 Å². The third-order valence-corrected chi connectivity index (χ3v) is 9.29. The molecule has 10 heteroatoms. The van der Waals surface area contributed by atoms with Gasteiger partial charge in [-0.05, 0) is 84.3 Å². The van der Waals surface area contributed by atoms with E-state index >= 15 is 0 Å². The molecule has 2 atom stereocenters. The normalized spacial score (nSPS) is 12.4. The fourth-order valence-electron chi connectivity index (χ4n) is 4.88. The molecule has 47 heavy (non-hydrogen) atoms. The Bertz CT molecular complexity index is 1690. The zero-order valence-corrected chi connectivity index (χ0v) is 30.5. The van der Waals surface area contributed by atoms with Crippen LogP contribution in [-0.4, -0.2) is 33.8 Å². The number of benzene rings is 4. The van der Waals surface area contributed by atoms with E-state index in [0.717, 1.165) is 28.0 Å². The first-order chi connectivity index (χ1) is 22.4. The monoisotopic (exact) mass is 678 g/mol. The highest BCUT2D eigenvalue weighted by atomic mass is 31.2. The fourth-order valence-corrected chi connectivity index (χ4v) is 6.59. The summed E-state index contributed by atoms with van der Waals surface area (Å²) >= 11 is 0. The Morgan fingerprint density at radius 2 is 1.00 bits per heavy atom. The number of aryl methyl sites for hydroxylation is 2. The summed E-state index contributed by atoms with van der Waals surface area (Å²) in [6, 6.07) is 22.3. The van der Waals surface area contributed by atoms with E-state index in [2.05, 4.69) is 39.8 Å². The molecule has 4 aromatic carbocycles. The van der Waals surface area contributed by atoms with Gasteiger partial charge in [0.25, 0.3) is 8.38 Å². The van der Waals surface area contributed by atoms with Crippen LogP contribution in [0, 0.1) is 13.8 Å². The lowest BCUT2D eigenvalue weighted by atomic mass is 10.0. The molecule has 0 bridgehead atoms. The van der Waals surface area contributed by atoms with Crippen LogP contribution in [0.2, 0.25) is 0 Å². The average molecular weight is 679 g/mol. The largest absolute Gasteiger partial charge is 0.497 e. The summed E-state index contributed by atoms with van der Waals surface area (Å²) in [5.41, 5.74) is 4.83. The zero-order chi connectivity index (χ0) is 34.2. The number of methoxy groups -OCH3 is 2. The maximum atomic E-state index is 14.3. The summed E-state index contributed by atoms with van der Waals surface area (Å²) in [4.78, 5) is 14.3. The minimum atomic E-state index is -1.94. The summed E-state index contributed by atoms with van der Waals surface area (Å²) in [5.74, 6) is 3.22. The second kappa shape index (κ2) is 16.3. The van der Waals surface area contributed by atoms with Crippen molar-refractivity contribution in [1.29, 1.82) is 0 Å².